The predicted octanol–water partition coefficient (Wildman–Crippen LogP) is 2.50. The minimum absolute atomic E-state index is 0.403. The largest absolute Gasteiger partial charge is 0.309 e. The van der Waals surface area contributed by atoms with Gasteiger partial charge in [0.25, 0.3) is 0 Å². The average Bonchev–Trinajstić information content (AvgIpc) is 2.40. The lowest BCUT2D eigenvalue weighted by molar-refractivity contribution is 0.0936. The molecule has 3 heteroatoms. The molecule has 0 unspecified atom stereocenters. The van der Waals surface area contributed by atoms with Gasteiger partial charge < -0.3 is 5.32 Å². The molecule has 0 amide bonds. The number of nitrogens with one attached hydrogen (secondary N) is 1. The number of aromatic nitrogens is 1. The molecule has 0 radical (unpaired) electrons. The zero-order valence-electron chi connectivity index (χ0n) is 12.0. The summed E-state index contributed by atoms with van der Waals surface area (Å²) in [5.74, 6) is 0. The summed E-state index contributed by atoms with van der Waals surface area (Å²) in [5.41, 5.74) is 2.74. The van der Waals surface area contributed by atoms with E-state index in [0.29, 0.717) is 5.54 Å². The third-order valence-corrected chi connectivity index (χ3v) is 4.60. The molecule has 0 bridgehead atoms. The average molecular weight is 259 g/mol. The molecule has 1 aliphatic carbocycles. The van der Waals surface area contributed by atoms with Crippen LogP contribution in [-0.4, -0.2) is 35.1 Å². The van der Waals surface area contributed by atoms with Crippen LogP contribution in [0.15, 0.2) is 18.2 Å². The quantitative estimate of drug-likeness (QED) is 0.884. The van der Waals surface area contributed by atoms with Gasteiger partial charge in [-0.3, -0.25) is 9.88 Å². The van der Waals surface area contributed by atoms with Gasteiger partial charge in [-0.1, -0.05) is 25.3 Å². The monoisotopic (exact) mass is 259 g/mol. The molecule has 1 N–H and O–H groups in total. The zero-order chi connectivity index (χ0) is 13.1. The van der Waals surface area contributed by atoms with Crippen molar-refractivity contribution in [3.8, 4) is 0 Å². The summed E-state index contributed by atoms with van der Waals surface area (Å²) in [4.78, 5) is 7.23. The summed E-state index contributed by atoms with van der Waals surface area (Å²) in [6.07, 6.45) is 6.91. The van der Waals surface area contributed by atoms with Crippen LogP contribution in [0.2, 0.25) is 0 Å². The SMILES string of the molecule is Cc1cccc(CN2CCNC3(CCCCC3)C2)n1. The van der Waals surface area contributed by atoms with Crippen LogP contribution in [0, 0.1) is 6.92 Å². The van der Waals surface area contributed by atoms with Gasteiger partial charge in [0.05, 0.1) is 5.69 Å². The number of hydrogen-bond donors (Lipinski definition) is 1. The van der Waals surface area contributed by atoms with Crippen molar-refractivity contribution in [3.05, 3.63) is 29.6 Å². The molecule has 0 aromatic carbocycles. The molecule has 1 aliphatic heterocycles. The van der Waals surface area contributed by atoms with Gasteiger partial charge in [-0.05, 0) is 31.9 Å². The second-order valence-electron chi connectivity index (χ2n) is 6.25. The number of hydrogen-bond acceptors (Lipinski definition) is 3. The fourth-order valence-corrected chi connectivity index (χ4v) is 3.66. The first-order valence-corrected chi connectivity index (χ1v) is 7.66. The Morgan fingerprint density at radius 3 is 2.89 bits per heavy atom. The van der Waals surface area contributed by atoms with Crippen molar-refractivity contribution in [2.75, 3.05) is 19.6 Å². The minimum Gasteiger partial charge on any atom is -0.309 e. The summed E-state index contributed by atoms with van der Waals surface area (Å²) < 4.78 is 0. The lowest BCUT2D eigenvalue weighted by atomic mass is 9.80. The summed E-state index contributed by atoms with van der Waals surface area (Å²) in [5, 5.41) is 3.80. The Hall–Kier alpha value is -0.930. The molecule has 1 aromatic rings. The highest BCUT2D eigenvalue weighted by molar-refractivity contribution is 5.10. The molecule has 1 spiro atoms. The zero-order valence-corrected chi connectivity index (χ0v) is 12.0. The van der Waals surface area contributed by atoms with Gasteiger partial charge in [-0.15, -0.1) is 0 Å². The Morgan fingerprint density at radius 2 is 2.11 bits per heavy atom. The standard InChI is InChI=1S/C16H25N3/c1-14-6-5-7-15(18-14)12-19-11-10-17-16(13-19)8-3-2-4-9-16/h5-7,17H,2-4,8-13H2,1H3. The van der Waals surface area contributed by atoms with E-state index >= 15 is 0 Å². The maximum atomic E-state index is 4.64. The van der Waals surface area contributed by atoms with Crippen LogP contribution in [-0.2, 0) is 6.54 Å². The molecule has 1 saturated heterocycles. The van der Waals surface area contributed by atoms with Gasteiger partial charge in [0.1, 0.15) is 0 Å². The Balaban J connectivity index is 1.65. The minimum atomic E-state index is 0.403. The fourth-order valence-electron chi connectivity index (χ4n) is 3.66. The summed E-state index contributed by atoms with van der Waals surface area (Å²) in [7, 11) is 0. The van der Waals surface area contributed by atoms with Gasteiger partial charge in [0.2, 0.25) is 0 Å². The van der Waals surface area contributed by atoms with E-state index in [-0.39, 0.29) is 0 Å². The van der Waals surface area contributed by atoms with Crippen LogP contribution in [0.1, 0.15) is 43.5 Å². The van der Waals surface area contributed by atoms with E-state index in [9.17, 15) is 0 Å². The van der Waals surface area contributed by atoms with E-state index < -0.39 is 0 Å². The predicted molar refractivity (Wildman–Crippen MR) is 78.1 cm³/mol. The molecule has 2 aliphatic rings. The normalized spacial score (nSPS) is 23.6. The molecular formula is C16H25N3. The van der Waals surface area contributed by atoms with Crippen molar-refractivity contribution >= 4 is 0 Å². The van der Waals surface area contributed by atoms with Crippen LogP contribution in [0.25, 0.3) is 0 Å². The van der Waals surface area contributed by atoms with E-state index in [1.807, 2.05) is 0 Å². The van der Waals surface area contributed by atoms with Crippen molar-refractivity contribution < 1.29 is 0 Å². The van der Waals surface area contributed by atoms with Crippen molar-refractivity contribution in [2.24, 2.45) is 0 Å². The highest BCUT2D eigenvalue weighted by Gasteiger charge is 2.35. The summed E-state index contributed by atoms with van der Waals surface area (Å²) in [6.45, 7) is 6.56. The summed E-state index contributed by atoms with van der Waals surface area (Å²) >= 11 is 0. The van der Waals surface area contributed by atoms with Crippen LogP contribution in [0.3, 0.4) is 0 Å². The first kappa shape index (κ1) is 13.1. The van der Waals surface area contributed by atoms with Crippen LogP contribution in [0.4, 0.5) is 0 Å². The number of rotatable bonds is 2. The number of pyridine rings is 1. The van der Waals surface area contributed by atoms with Crippen molar-refractivity contribution in [1.29, 1.82) is 0 Å². The van der Waals surface area contributed by atoms with Crippen molar-refractivity contribution in [3.63, 3.8) is 0 Å². The van der Waals surface area contributed by atoms with Crippen LogP contribution >= 0.6 is 0 Å². The van der Waals surface area contributed by atoms with Crippen molar-refractivity contribution in [2.45, 2.75) is 51.1 Å². The highest BCUT2D eigenvalue weighted by atomic mass is 15.2. The van der Waals surface area contributed by atoms with Crippen LogP contribution in [0.5, 0.6) is 0 Å². The molecule has 3 rings (SSSR count). The Bertz CT molecular complexity index is 418. The number of aryl methyl sites for hydroxylation is 1. The molecule has 1 aromatic heterocycles. The molecule has 2 fully saturated rings. The molecule has 1 saturated carbocycles. The highest BCUT2D eigenvalue weighted by Crippen LogP contribution is 2.30. The smallest absolute Gasteiger partial charge is 0.0547 e. The van der Waals surface area contributed by atoms with E-state index in [1.165, 1.54) is 44.3 Å². The number of piperazine rings is 1. The Morgan fingerprint density at radius 1 is 1.26 bits per heavy atom. The van der Waals surface area contributed by atoms with E-state index in [2.05, 4.69) is 40.3 Å². The van der Waals surface area contributed by atoms with Crippen molar-refractivity contribution in [1.82, 2.24) is 15.2 Å². The molecule has 3 nitrogen and oxygen atoms in total. The maximum absolute atomic E-state index is 4.64. The Labute approximate surface area is 116 Å². The van der Waals surface area contributed by atoms with E-state index in [4.69, 9.17) is 0 Å². The Kier molecular flexibility index (Phi) is 3.85. The molecular weight excluding hydrogens is 234 g/mol. The fraction of sp³-hybridized carbons (Fsp3) is 0.688. The van der Waals surface area contributed by atoms with Gasteiger partial charge in [0, 0.05) is 37.4 Å². The third-order valence-electron chi connectivity index (χ3n) is 4.60. The second-order valence-corrected chi connectivity index (χ2v) is 6.25. The molecule has 104 valence electrons. The van der Waals surface area contributed by atoms with Gasteiger partial charge in [-0.2, -0.15) is 0 Å². The van der Waals surface area contributed by atoms with E-state index in [1.54, 1.807) is 0 Å². The molecule has 19 heavy (non-hydrogen) atoms. The second kappa shape index (κ2) is 5.59. The lowest BCUT2D eigenvalue weighted by Crippen LogP contribution is -2.60. The van der Waals surface area contributed by atoms with Gasteiger partial charge in [-0.25, -0.2) is 0 Å². The van der Waals surface area contributed by atoms with E-state index in [0.717, 1.165) is 25.3 Å². The maximum Gasteiger partial charge on any atom is 0.0547 e. The first-order valence-electron chi connectivity index (χ1n) is 7.66. The summed E-state index contributed by atoms with van der Waals surface area (Å²) in [6, 6.07) is 6.35. The van der Waals surface area contributed by atoms with Crippen LogP contribution < -0.4 is 5.32 Å². The van der Waals surface area contributed by atoms with Gasteiger partial charge in [0.15, 0.2) is 0 Å². The van der Waals surface area contributed by atoms with Gasteiger partial charge >= 0.3 is 0 Å². The lowest BCUT2D eigenvalue weighted by Gasteiger charge is -2.46. The first-order chi connectivity index (χ1) is 9.26. The topological polar surface area (TPSA) is 28.2 Å². The third kappa shape index (κ3) is 3.15. The number of nitrogens with zero attached hydrogens (tertiary/aromatic N) is 2. The molecule has 0 atom stereocenters. The molecule has 2 heterocycles.